The van der Waals surface area contributed by atoms with Gasteiger partial charge in [0.2, 0.25) is 0 Å². The van der Waals surface area contributed by atoms with Gasteiger partial charge in [-0.3, -0.25) is 11.3 Å². The molecule has 2 saturated heterocycles. The van der Waals surface area contributed by atoms with Gasteiger partial charge < -0.3 is 9.47 Å². The van der Waals surface area contributed by atoms with Crippen molar-refractivity contribution in [2.24, 2.45) is 11.8 Å². The summed E-state index contributed by atoms with van der Waals surface area (Å²) in [4.78, 5) is 0. The van der Waals surface area contributed by atoms with E-state index in [0.717, 1.165) is 31.6 Å². The molecule has 2 aliphatic heterocycles. The first-order valence-electron chi connectivity index (χ1n) is 6.95. The van der Waals surface area contributed by atoms with Crippen molar-refractivity contribution in [2.75, 3.05) is 25.2 Å². The number of methoxy groups -OCH3 is 1. The van der Waals surface area contributed by atoms with E-state index in [1.807, 2.05) is 11.8 Å². The average Bonchev–Trinajstić information content (AvgIpc) is 2.83. The maximum Gasteiger partial charge on any atom is 0.0783 e. The molecule has 4 unspecified atom stereocenters. The van der Waals surface area contributed by atoms with E-state index in [0.29, 0.717) is 5.92 Å². The van der Waals surface area contributed by atoms with Crippen LogP contribution in [-0.4, -0.2) is 43.0 Å². The van der Waals surface area contributed by atoms with Gasteiger partial charge in [0.25, 0.3) is 0 Å². The van der Waals surface area contributed by atoms with Gasteiger partial charge in [-0.25, -0.2) is 0 Å². The van der Waals surface area contributed by atoms with Crippen LogP contribution in [0.25, 0.3) is 0 Å². The highest BCUT2D eigenvalue weighted by molar-refractivity contribution is 7.99. The van der Waals surface area contributed by atoms with Gasteiger partial charge in [-0.05, 0) is 37.4 Å². The minimum absolute atomic E-state index is 0.120. The highest BCUT2D eigenvalue weighted by Crippen LogP contribution is 2.41. The lowest BCUT2D eigenvalue weighted by molar-refractivity contribution is -0.0953. The van der Waals surface area contributed by atoms with Crippen LogP contribution in [0, 0.1) is 5.92 Å². The Labute approximate surface area is 114 Å². The molecule has 106 valence electrons. The van der Waals surface area contributed by atoms with E-state index in [-0.39, 0.29) is 17.7 Å². The van der Waals surface area contributed by atoms with Crippen LogP contribution < -0.4 is 11.3 Å². The number of hydrogen-bond acceptors (Lipinski definition) is 5. The van der Waals surface area contributed by atoms with Crippen molar-refractivity contribution in [1.29, 1.82) is 0 Å². The lowest BCUT2D eigenvalue weighted by Crippen LogP contribution is -2.54. The van der Waals surface area contributed by atoms with Gasteiger partial charge in [0.1, 0.15) is 0 Å². The monoisotopic (exact) mass is 274 g/mol. The lowest BCUT2D eigenvalue weighted by Gasteiger charge is -2.42. The van der Waals surface area contributed by atoms with Crippen molar-refractivity contribution in [3.05, 3.63) is 0 Å². The second kappa shape index (κ2) is 6.57. The fourth-order valence-corrected chi connectivity index (χ4v) is 4.73. The quantitative estimate of drug-likeness (QED) is 0.588. The lowest BCUT2D eigenvalue weighted by atomic mass is 9.79. The molecule has 2 fully saturated rings. The molecule has 2 rings (SSSR count). The van der Waals surface area contributed by atoms with Gasteiger partial charge in [-0.15, -0.1) is 0 Å². The molecule has 3 N–H and O–H groups in total. The molecule has 18 heavy (non-hydrogen) atoms. The van der Waals surface area contributed by atoms with Crippen LogP contribution in [0.3, 0.4) is 0 Å². The smallest absolute Gasteiger partial charge is 0.0783 e. The summed E-state index contributed by atoms with van der Waals surface area (Å²) in [5.74, 6) is 8.70. The summed E-state index contributed by atoms with van der Waals surface area (Å²) < 4.78 is 11.6. The molecular weight excluding hydrogens is 248 g/mol. The van der Waals surface area contributed by atoms with Crippen molar-refractivity contribution in [3.63, 3.8) is 0 Å². The Bertz CT molecular complexity index is 255. The second-order valence-electron chi connectivity index (χ2n) is 5.46. The number of nitrogens with one attached hydrogen (secondary N) is 1. The minimum Gasteiger partial charge on any atom is -0.380 e. The van der Waals surface area contributed by atoms with Gasteiger partial charge in [-0.2, -0.15) is 11.8 Å². The molecule has 0 bridgehead atoms. The summed E-state index contributed by atoms with van der Waals surface area (Å²) in [5.41, 5.74) is 3.11. The molecule has 1 spiro atoms. The third kappa shape index (κ3) is 3.02. The highest BCUT2D eigenvalue weighted by Gasteiger charge is 2.43. The van der Waals surface area contributed by atoms with Crippen molar-refractivity contribution in [3.8, 4) is 0 Å². The van der Waals surface area contributed by atoms with E-state index < -0.39 is 0 Å². The maximum absolute atomic E-state index is 6.07. The van der Waals surface area contributed by atoms with Crippen LogP contribution >= 0.6 is 11.8 Å². The number of nitrogens with two attached hydrogens (primary N) is 1. The molecule has 4 atom stereocenters. The van der Waals surface area contributed by atoms with Gasteiger partial charge in [0.05, 0.1) is 17.7 Å². The van der Waals surface area contributed by atoms with E-state index in [1.54, 1.807) is 7.11 Å². The molecule has 0 aliphatic carbocycles. The van der Waals surface area contributed by atoms with Crippen LogP contribution in [0.4, 0.5) is 0 Å². The molecule has 0 aromatic heterocycles. The Balaban J connectivity index is 2.01. The zero-order valence-corrected chi connectivity index (χ0v) is 12.3. The Kier molecular flexibility index (Phi) is 5.33. The summed E-state index contributed by atoms with van der Waals surface area (Å²) in [6.07, 6.45) is 4.58. The summed E-state index contributed by atoms with van der Waals surface area (Å²) in [5, 5.41) is 0. The topological polar surface area (TPSA) is 56.5 Å². The fourth-order valence-electron chi connectivity index (χ4n) is 3.35. The van der Waals surface area contributed by atoms with Gasteiger partial charge in [0, 0.05) is 19.5 Å². The fraction of sp³-hybridized carbons (Fsp3) is 1.00. The standard InChI is InChI=1S/C13H26N2O2S/c1-3-11(16-2)12(15-14)10-4-6-17-13(8-10)5-7-18-9-13/h10-12,15H,3-9,14H2,1-2H3. The molecule has 2 aliphatic rings. The number of hydrazine groups is 1. The van der Waals surface area contributed by atoms with E-state index in [2.05, 4.69) is 12.3 Å². The third-order valence-corrected chi connectivity index (χ3v) is 5.63. The van der Waals surface area contributed by atoms with Crippen molar-refractivity contribution < 1.29 is 9.47 Å². The Hall–Kier alpha value is 0.190. The number of thioether (sulfide) groups is 1. The SMILES string of the molecule is CCC(OC)C(NN)C1CCOC2(CCSC2)C1. The zero-order chi connectivity index (χ0) is 13.0. The maximum atomic E-state index is 6.07. The Morgan fingerprint density at radius 1 is 1.61 bits per heavy atom. The van der Waals surface area contributed by atoms with Crippen LogP contribution in [0.2, 0.25) is 0 Å². The predicted molar refractivity (Wildman–Crippen MR) is 75.5 cm³/mol. The Morgan fingerprint density at radius 2 is 2.44 bits per heavy atom. The summed E-state index contributed by atoms with van der Waals surface area (Å²) in [6, 6.07) is 0.242. The highest BCUT2D eigenvalue weighted by atomic mass is 32.2. The van der Waals surface area contributed by atoms with Crippen LogP contribution in [0.5, 0.6) is 0 Å². The van der Waals surface area contributed by atoms with Gasteiger partial charge in [0.15, 0.2) is 0 Å². The first-order chi connectivity index (χ1) is 8.74. The first kappa shape index (κ1) is 14.6. The van der Waals surface area contributed by atoms with Crippen LogP contribution in [0.15, 0.2) is 0 Å². The van der Waals surface area contributed by atoms with Crippen molar-refractivity contribution in [2.45, 2.75) is 50.4 Å². The zero-order valence-electron chi connectivity index (χ0n) is 11.5. The van der Waals surface area contributed by atoms with E-state index in [4.69, 9.17) is 15.3 Å². The number of ether oxygens (including phenoxy) is 2. The molecule has 5 heteroatoms. The number of hydrogen-bond donors (Lipinski definition) is 2. The van der Waals surface area contributed by atoms with Crippen LogP contribution in [0.1, 0.15) is 32.6 Å². The van der Waals surface area contributed by atoms with E-state index in [9.17, 15) is 0 Å². The predicted octanol–water partition coefficient (Wildman–Crippen LogP) is 1.55. The summed E-state index contributed by atoms with van der Waals surface area (Å²) in [6.45, 7) is 3.02. The molecule has 2 heterocycles. The molecular formula is C13H26N2O2S. The molecule has 0 aromatic rings. The number of rotatable bonds is 5. The van der Waals surface area contributed by atoms with Crippen molar-refractivity contribution in [1.82, 2.24) is 5.43 Å². The summed E-state index contributed by atoms with van der Waals surface area (Å²) >= 11 is 2.01. The van der Waals surface area contributed by atoms with Gasteiger partial charge in [-0.1, -0.05) is 6.92 Å². The molecule has 0 amide bonds. The van der Waals surface area contributed by atoms with E-state index >= 15 is 0 Å². The second-order valence-corrected chi connectivity index (χ2v) is 6.57. The Morgan fingerprint density at radius 3 is 3.00 bits per heavy atom. The third-order valence-electron chi connectivity index (χ3n) is 4.40. The molecule has 4 nitrogen and oxygen atoms in total. The van der Waals surface area contributed by atoms with Crippen LogP contribution in [-0.2, 0) is 9.47 Å². The van der Waals surface area contributed by atoms with Crippen molar-refractivity contribution >= 4 is 11.8 Å². The normalized spacial score (nSPS) is 35.8. The minimum atomic E-state index is 0.120. The average molecular weight is 274 g/mol. The van der Waals surface area contributed by atoms with Gasteiger partial charge >= 0.3 is 0 Å². The molecule has 0 aromatic carbocycles. The summed E-state index contributed by atoms with van der Waals surface area (Å²) in [7, 11) is 1.78. The first-order valence-corrected chi connectivity index (χ1v) is 8.11. The molecule has 0 saturated carbocycles. The van der Waals surface area contributed by atoms with E-state index in [1.165, 1.54) is 12.2 Å². The molecule has 0 radical (unpaired) electrons. The largest absolute Gasteiger partial charge is 0.380 e.